The van der Waals surface area contributed by atoms with E-state index in [4.69, 9.17) is 4.74 Å². The molecule has 186 valence electrons. The van der Waals surface area contributed by atoms with E-state index in [0.717, 1.165) is 41.5 Å². The first-order valence-corrected chi connectivity index (χ1v) is 12.5. The number of carboxylic acid groups (broad SMARTS) is 1. The summed E-state index contributed by atoms with van der Waals surface area (Å²) in [4.78, 5) is 36.9. The highest BCUT2D eigenvalue weighted by atomic mass is 16.5. The highest BCUT2D eigenvalue weighted by Crippen LogP contribution is 2.44. The lowest BCUT2D eigenvalue weighted by Gasteiger charge is -2.33. The van der Waals surface area contributed by atoms with Crippen LogP contribution >= 0.6 is 0 Å². The van der Waals surface area contributed by atoms with E-state index in [9.17, 15) is 19.5 Å². The van der Waals surface area contributed by atoms with Crippen LogP contribution in [-0.4, -0.2) is 42.3 Å². The van der Waals surface area contributed by atoms with E-state index in [-0.39, 0.29) is 31.4 Å². The summed E-state index contributed by atoms with van der Waals surface area (Å²) >= 11 is 0. The van der Waals surface area contributed by atoms with Gasteiger partial charge in [0.25, 0.3) is 0 Å². The third kappa shape index (κ3) is 5.50. The van der Waals surface area contributed by atoms with Crippen LogP contribution in [0.4, 0.5) is 4.79 Å². The van der Waals surface area contributed by atoms with Crippen molar-refractivity contribution in [3.63, 3.8) is 0 Å². The summed E-state index contributed by atoms with van der Waals surface area (Å²) in [6.45, 7) is 2.23. The van der Waals surface area contributed by atoms with Gasteiger partial charge < -0.3 is 20.5 Å². The van der Waals surface area contributed by atoms with Gasteiger partial charge in [0.05, 0.1) is 5.41 Å². The molecule has 0 aromatic heterocycles. The molecular weight excluding hydrogens is 444 g/mol. The molecule has 1 saturated carbocycles. The second-order valence-electron chi connectivity index (χ2n) is 9.70. The van der Waals surface area contributed by atoms with Crippen LogP contribution in [0.25, 0.3) is 11.1 Å². The molecule has 4 rings (SSSR count). The SMILES string of the molecule is CC[C@H](CC(=O)NCC1(C(=O)O)CCCCC1)NC(=O)OCC1c2ccccc2-c2ccccc21. The molecule has 0 unspecified atom stereocenters. The summed E-state index contributed by atoms with van der Waals surface area (Å²) in [7, 11) is 0. The first-order chi connectivity index (χ1) is 16.9. The molecule has 2 aliphatic rings. The standard InChI is InChI=1S/C28H34N2O5/c1-2-19(16-25(31)29-18-28(26(32)33)14-8-3-9-15-28)30-27(34)35-17-24-22-12-6-4-10-20(22)21-11-5-7-13-23(21)24/h4-7,10-13,19,24H,2-3,8-9,14-18H2,1H3,(H,29,31)(H,30,34)(H,32,33)/t19-/m1/s1. The topological polar surface area (TPSA) is 105 Å². The fraction of sp³-hybridized carbons (Fsp3) is 0.464. The van der Waals surface area contributed by atoms with Gasteiger partial charge in [0.15, 0.2) is 0 Å². The second-order valence-corrected chi connectivity index (χ2v) is 9.70. The zero-order chi connectivity index (χ0) is 24.8. The molecule has 0 radical (unpaired) electrons. The Bertz CT molecular complexity index is 1030. The van der Waals surface area contributed by atoms with Crippen molar-refractivity contribution in [2.75, 3.05) is 13.2 Å². The Morgan fingerprint density at radius 1 is 1.00 bits per heavy atom. The Morgan fingerprint density at radius 3 is 2.17 bits per heavy atom. The van der Waals surface area contributed by atoms with Crippen molar-refractivity contribution in [3.8, 4) is 11.1 Å². The molecule has 1 atom stereocenters. The minimum atomic E-state index is -0.879. The Balaban J connectivity index is 1.29. The number of carboxylic acids is 1. The number of aliphatic carboxylic acids is 1. The van der Waals surface area contributed by atoms with Gasteiger partial charge in [-0.05, 0) is 41.5 Å². The largest absolute Gasteiger partial charge is 0.481 e. The molecule has 1 fully saturated rings. The van der Waals surface area contributed by atoms with E-state index in [1.54, 1.807) is 0 Å². The lowest BCUT2D eigenvalue weighted by molar-refractivity contribution is -0.151. The van der Waals surface area contributed by atoms with Gasteiger partial charge in [-0.1, -0.05) is 74.7 Å². The van der Waals surface area contributed by atoms with Crippen molar-refractivity contribution < 1.29 is 24.2 Å². The second kappa shape index (κ2) is 10.9. The quantitative estimate of drug-likeness (QED) is 0.478. The number of carbonyl (C=O) groups excluding carboxylic acids is 2. The molecule has 3 N–H and O–H groups in total. The summed E-state index contributed by atoms with van der Waals surface area (Å²) in [5, 5.41) is 15.3. The maximum Gasteiger partial charge on any atom is 0.407 e. The summed E-state index contributed by atoms with van der Waals surface area (Å²) < 4.78 is 5.60. The average molecular weight is 479 g/mol. The Labute approximate surface area is 206 Å². The van der Waals surface area contributed by atoms with E-state index < -0.39 is 23.5 Å². The predicted octanol–water partition coefficient (Wildman–Crippen LogP) is 4.85. The molecule has 0 saturated heterocycles. The third-order valence-electron chi connectivity index (χ3n) is 7.48. The van der Waals surface area contributed by atoms with Crippen LogP contribution < -0.4 is 10.6 Å². The Morgan fingerprint density at radius 2 is 1.60 bits per heavy atom. The third-order valence-corrected chi connectivity index (χ3v) is 7.48. The number of hydrogen-bond donors (Lipinski definition) is 3. The molecule has 0 aliphatic heterocycles. The van der Waals surface area contributed by atoms with Crippen LogP contribution in [0.3, 0.4) is 0 Å². The van der Waals surface area contributed by atoms with Crippen molar-refractivity contribution in [1.82, 2.24) is 10.6 Å². The monoisotopic (exact) mass is 478 g/mol. The molecule has 7 heteroatoms. The van der Waals surface area contributed by atoms with E-state index in [1.807, 2.05) is 31.2 Å². The summed E-state index contributed by atoms with van der Waals surface area (Å²) in [5.74, 6) is -1.14. The maximum atomic E-state index is 12.6. The van der Waals surface area contributed by atoms with Crippen molar-refractivity contribution in [2.45, 2.75) is 63.8 Å². The van der Waals surface area contributed by atoms with E-state index in [2.05, 4.69) is 34.9 Å². The maximum absolute atomic E-state index is 12.6. The average Bonchev–Trinajstić information content (AvgIpc) is 3.20. The van der Waals surface area contributed by atoms with Crippen molar-refractivity contribution in [3.05, 3.63) is 59.7 Å². The first-order valence-electron chi connectivity index (χ1n) is 12.5. The lowest BCUT2D eigenvalue weighted by atomic mass is 9.74. The number of benzene rings is 2. The molecule has 35 heavy (non-hydrogen) atoms. The Kier molecular flexibility index (Phi) is 7.73. The smallest absolute Gasteiger partial charge is 0.407 e. The zero-order valence-corrected chi connectivity index (χ0v) is 20.2. The van der Waals surface area contributed by atoms with Crippen LogP contribution in [0.2, 0.25) is 0 Å². The number of rotatable bonds is 9. The lowest BCUT2D eigenvalue weighted by Crippen LogP contribution is -2.46. The van der Waals surface area contributed by atoms with Crippen LogP contribution in [0.5, 0.6) is 0 Å². The van der Waals surface area contributed by atoms with Gasteiger partial charge in [0.1, 0.15) is 6.61 Å². The van der Waals surface area contributed by atoms with Gasteiger partial charge in [0.2, 0.25) is 5.91 Å². The van der Waals surface area contributed by atoms with Gasteiger partial charge in [-0.2, -0.15) is 0 Å². The number of amides is 2. The van der Waals surface area contributed by atoms with E-state index in [0.29, 0.717) is 19.3 Å². The first kappa shape index (κ1) is 24.8. The van der Waals surface area contributed by atoms with Crippen LogP contribution in [0.1, 0.15) is 68.9 Å². The molecule has 2 amide bonds. The molecule has 2 aliphatic carbocycles. The summed E-state index contributed by atoms with van der Waals surface area (Å²) in [6.07, 6.45) is 4.01. The van der Waals surface area contributed by atoms with Crippen LogP contribution in [-0.2, 0) is 14.3 Å². The normalized spacial score (nSPS) is 17.1. The number of ether oxygens (including phenoxy) is 1. The van der Waals surface area contributed by atoms with Gasteiger partial charge in [-0.25, -0.2) is 4.79 Å². The van der Waals surface area contributed by atoms with Crippen LogP contribution in [0, 0.1) is 5.41 Å². The fourth-order valence-electron chi connectivity index (χ4n) is 5.36. The fourth-order valence-corrected chi connectivity index (χ4v) is 5.36. The van der Waals surface area contributed by atoms with Crippen molar-refractivity contribution in [1.29, 1.82) is 0 Å². The van der Waals surface area contributed by atoms with Crippen molar-refractivity contribution >= 4 is 18.0 Å². The minimum Gasteiger partial charge on any atom is -0.481 e. The van der Waals surface area contributed by atoms with Gasteiger partial charge in [-0.15, -0.1) is 0 Å². The molecular formula is C28H34N2O5. The minimum absolute atomic E-state index is 0.0285. The molecule has 2 aromatic rings. The summed E-state index contributed by atoms with van der Waals surface area (Å²) in [5.41, 5.74) is 3.73. The van der Waals surface area contributed by atoms with Crippen LogP contribution in [0.15, 0.2) is 48.5 Å². The predicted molar refractivity (Wildman–Crippen MR) is 133 cm³/mol. The number of fused-ring (bicyclic) bond motifs is 3. The van der Waals surface area contributed by atoms with Gasteiger partial charge >= 0.3 is 12.1 Å². The molecule has 7 nitrogen and oxygen atoms in total. The number of carbonyl (C=O) groups is 3. The number of hydrogen-bond acceptors (Lipinski definition) is 4. The zero-order valence-electron chi connectivity index (χ0n) is 20.2. The summed E-state index contributed by atoms with van der Waals surface area (Å²) in [6, 6.07) is 15.9. The van der Waals surface area contributed by atoms with Crippen molar-refractivity contribution in [2.24, 2.45) is 5.41 Å². The molecule has 0 spiro atoms. The van der Waals surface area contributed by atoms with Gasteiger partial charge in [0, 0.05) is 24.9 Å². The highest BCUT2D eigenvalue weighted by Gasteiger charge is 2.40. The van der Waals surface area contributed by atoms with E-state index >= 15 is 0 Å². The van der Waals surface area contributed by atoms with Gasteiger partial charge in [-0.3, -0.25) is 9.59 Å². The number of alkyl carbamates (subject to hydrolysis) is 1. The molecule has 0 heterocycles. The number of nitrogens with one attached hydrogen (secondary N) is 2. The van der Waals surface area contributed by atoms with E-state index in [1.165, 1.54) is 0 Å². The molecule has 2 aromatic carbocycles. The Hall–Kier alpha value is -3.35. The highest BCUT2D eigenvalue weighted by molar-refractivity contribution is 5.81. The molecule has 0 bridgehead atoms.